The lowest BCUT2D eigenvalue weighted by Crippen LogP contribution is -2.41. The monoisotopic (exact) mass is 256 g/mol. The molecule has 0 spiro atoms. The first-order valence-corrected chi connectivity index (χ1v) is 5.77. The van der Waals surface area contributed by atoms with E-state index >= 15 is 0 Å². The van der Waals surface area contributed by atoms with E-state index in [-0.39, 0.29) is 5.91 Å². The van der Waals surface area contributed by atoms with Gasteiger partial charge in [0.2, 0.25) is 5.91 Å². The van der Waals surface area contributed by atoms with E-state index in [1.165, 1.54) is 0 Å². The van der Waals surface area contributed by atoms with Crippen molar-refractivity contribution in [2.45, 2.75) is 13.0 Å². The van der Waals surface area contributed by atoms with E-state index in [1.807, 2.05) is 12.1 Å². The van der Waals surface area contributed by atoms with Crippen molar-refractivity contribution in [3.8, 4) is 5.75 Å². The molecular formula is C12H17ClN2O2. The molecule has 2 N–H and O–H groups in total. The van der Waals surface area contributed by atoms with Crippen molar-refractivity contribution in [1.29, 1.82) is 0 Å². The average molecular weight is 257 g/mol. The largest absolute Gasteiger partial charge is 0.492 e. The van der Waals surface area contributed by atoms with Gasteiger partial charge in [0.25, 0.3) is 0 Å². The van der Waals surface area contributed by atoms with Gasteiger partial charge in [0.1, 0.15) is 12.4 Å². The van der Waals surface area contributed by atoms with Crippen LogP contribution in [0.4, 0.5) is 0 Å². The van der Waals surface area contributed by atoms with Gasteiger partial charge in [0.15, 0.2) is 0 Å². The quantitative estimate of drug-likeness (QED) is 0.869. The fraction of sp³-hybridized carbons (Fsp3) is 0.417. The lowest BCUT2D eigenvalue weighted by molar-refractivity contribution is -0.131. The summed E-state index contributed by atoms with van der Waals surface area (Å²) in [5.41, 5.74) is 5.49. The number of amides is 1. The number of halogens is 1. The number of likely N-dealkylation sites (N-methyl/N-ethyl adjacent to an activating group) is 1. The van der Waals surface area contributed by atoms with Gasteiger partial charge in [-0.25, -0.2) is 0 Å². The average Bonchev–Trinajstić information content (AvgIpc) is 2.27. The highest BCUT2D eigenvalue weighted by atomic mass is 35.5. The Morgan fingerprint density at radius 3 is 2.88 bits per heavy atom. The molecule has 1 aromatic rings. The summed E-state index contributed by atoms with van der Waals surface area (Å²) in [5, 5.41) is 0.627. The number of hydrogen-bond donors (Lipinski definition) is 1. The maximum Gasteiger partial charge on any atom is 0.239 e. The van der Waals surface area contributed by atoms with Crippen molar-refractivity contribution in [2.75, 3.05) is 20.2 Å². The summed E-state index contributed by atoms with van der Waals surface area (Å²) in [5.74, 6) is 0.596. The van der Waals surface area contributed by atoms with E-state index in [1.54, 1.807) is 31.0 Å². The molecule has 1 rings (SSSR count). The molecule has 1 unspecified atom stereocenters. The minimum absolute atomic E-state index is 0.0975. The lowest BCUT2D eigenvalue weighted by atomic mass is 10.3. The Morgan fingerprint density at radius 2 is 2.29 bits per heavy atom. The highest BCUT2D eigenvalue weighted by molar-refractivity contribution is 6.30. The van der Waals surface area contributed by atoms with Crippen LogP contribution in [0.3, 0.4) is 0 Å². The molecule has 5 heteroatoms. The molecule has 0 aliphatic rings. The van der Waals surface area contributed by atoms with Crippen molar-refractivity contribution < 1.29 is 9.53 Å². The number of carbonyl (C=O) groups is 1. The van der Waals surface area contributed by atoms with Crippen LogP contribution in [-0.4, -0.2) is 37.0 Å². The molecule has 0 aliphatic carbocycles. The van der Waals surface area contributed by atoms with E-state index < -0.39 is 6.04 Å². The number of nitrogens with two attached hydrogens (primary N) is 1. The Bertz CT molecular complexity index is 383. The van der Waals surface area contributed by atoms with Crippen molar-refractivity contribution in [2.24, 2.45) is 5.73 Å². The standard InChI is InChI=1S/C12H17ClN2O2/c1-9(14)12(16)15(2)6-7-17-11-5-3-4-10(13)8-11/h3-5,8-9H,6-7,14H2,1-2H3. The lowest BCUT2D eigenvalue weighted by Gasteiger charge is -2.19. The van der Waals surface area contributed by atoms with E-state index in [9.17, 15) is 4.79 Å². The molecule has 0 aliphatic heterocycles. The zero-order chi connectivity index (χ0) is 12.8. The molecule has 0 aromatic heterocycles. The highest BCUT2D eigenvalue weighted by Gasteiger charge is 2.12. The molecule has 17 heavy (non-hydrogen) atoms. The van der Waals surface area contributed by atoms with Crippen LogP contribution in [0.25, 0.3) is 0 Å². The molecule has 0 heterocycles. The molecule has 0 radical (unpaired) electrons. The molecule has 1 atom stereocenters. The number of carbonyl (C=O) groups excluding carboxylic acids is 1. The third-order valence-corrected chi connectivity index (χ3v) is 2.49. The van der Waals surface area contributed by atoms with Gasteiger partial charge >= 0.3 is 0 Å². The second-order valence-electron chi connectivity index (χ2n) is 3.85. The smallest absolute Gasteiger partial charge is 0.239 e. The molecule has 0 saturated carbocycles. The van der Waals surface area contributed by atoms with Crippen molar-refractivity contribution in [3.05, 3.63) is 29.3 Å². The molecule has 0 fully saturated rings. The number of rotatable bonds is 5. The van der Waals surface area contributed by atoms with Crippen LogP contribution in [0, 0.1) is 0 Å². The second kappa shape index (κ2) is 6.47. The van der Waals surface area contributed by atoms with Gasteiger partial charge in [-0.3, -0.25) is 4.79 Å². The van der Waals surface area contributed by atoms with Gasteiger partial charge in [-0.15, -0.1) is 0 Å². The Kier molecular flexibility index (Phi) is 5.25. The van der Waals surface area contributed by atoms with E-state index in [0.717, 1.165) is 0 Å². The van der Waals surface area contributed by atoms with Gasteiger partial charge in [0, 0.05) is 12.1 Å². The number of benzene rings is 1. The van der Waals surface area contributed by atoms with Crippen molar-refractivity contribution in [3.63, 3.8) is 0 Å². The Hall–Kier alpha value is -1.26. The van der Waals surface area contributed by atoms with Crippen molar-refractivity contribution >= 4 is 17.5 Å². The van der Waals surface area contributed by atoms with Gasteiger partial charge in [-0.1, -0.05) is 17.7 Å². The summed E-state index contributed by atoms with van der Waals surface area (Å²) in [6, 6.07) is 6.66. The van der Waals surface area contributed by atoms with E-state index in [0.29, 0.717) is 23.9 Å². The molecule has 0 saturated heterocycles. The van der Waals surface area contributed by atoms with Crippen LogP contribution in [0.1, 0.15) is 6.92 Å². The number of hydrogen-bond acceptors (Lipinski definition) is 3. The SMILES string of the molecule is CC(N)C(=O)N(C)CCOc1cccc(Cl)c1. The normalized spacial score (nSPS) is 12.0. The predicted octanol–water partition coefficient (Wildman–Crippen LogP) is 1.52. The van der Waals surface area contributed by atoms with Crippen molar-refractivity contribution in [1.82, 2.24) is 4.90 Å². The first-order valence-electron chi connectivity index (χ1n) is 5.39. The first kappa shape index (κ1) is 13.8. The van der Waals surface area contributed by atoms with E-state index in [4.69, 9.17) is 22.1 Å². The van der Waals surface area contributed by atoms with Crippen LogP contribution >= 0.6 is 11.6 Å². The Morgan fingerprint density at radius 1 is 1.59 bits per heavy atom. The summed E-state index contributed by atoms with van der Waals surface area (Å²) in [6.07, 6.45) is 0. The van der Waals surface area contributed by atoms with Crippen LogP contribution in [0.5, 0.6) is 5.75 Å². The third-order valence-electron chi connectivity index (χ3n) is 2.26. The molecule has 94 valence electrons. The van der Waals surface area contributed by atoms with Crippen LogP contribution in [-0.2, 0) is 4.79 Å². The number of nitrogens with zero attached hydrogens (tertiary/aromatic N) is 1. The first-order chi connectivity index (χ1) is 8.00. The summed E-state index contributed by atoms with van der Waals surface area (Å²) in [6.45, 7) is 2.57. The van der Waals surface area contributed by atoms with Gasteiger partial charge in [-0.05, 0) is 25.1 Å². The maximum atomic E-state index is 11.5. The molecule has 0 bridgehead atoms. The Balaban J connectivity index is 2.35. The molecule has 1 amide bonds. The minimum Gasteiger partial charge on any atom is -0.492 e. The van der Waals surface area contributed by atoms with Gasteiger partial charge < -0.3 is 15.4 Å². The number of ether oxygens (including phenoxy) is 1. The van der Waals surface area contributed by atoms with Gasteiger partial charge in [-0.2, -0.15) is 0 Å². The second-order valence-corrected chi connectivity index (χ2v) is 4.29. The molecule has 4 nitrogen and oxygen atoms in total. The predicted molar refractivity (Wildman–Crippen MR) is 68.2 cm³/mol. The van der Waals surface area contributed by atoms with E-state index in [2.05, 4.69) is 0 Å². The third kappa shape index (κ3) is 4.63. The van der Waals surface area contributed by atoms with Crippen LogP contribution in [0.15, 0.2) is 24.3 Å². The minimum atomic E-state index is -0.480. The summed E-state index contributed by atoms with van der Waals surface area (Å²) >= 11 is 5.82. The molecule has 1 aromatic carbocycles. The molecular weight excluding hydrogens is 240 g/mol. The highest BCUT2D eigenvalue weighted by Crippen LogP contribution is 2.16. The van der Waals surface area contributed by atoms with Gasteiger partial charge in [0.05, 0.1) is 12.6 Å². The Labute approximate surface area is 106 Å². The summed E-state index contributed by atoms with van der Waals surface area (Å²) in [4.78, 5) is 13.0. The van der Waals surface area contributed by atoms with Crippen LogP contribution in [0.2, 0.25) is 5.02 Å². The van der Waals surface area contributed by atoms with Crippen LogP contribution < -0.4 is 10.5 Å². The zero-order valence-corrected chi connectivity index (χ0v) is 10.8. The fourth-order valence-corrected chi connectivity index (χ4v) is 1.50. The topological polar surface area (TPSA) is 55.6 Å². The summed E-state index contributed by atoms with van der Waals surface area (Å²) in [7, 11) is 1.70. The zero-order valence-electron chi connectivity index (χ0n) is 10.0. The maximum absolute atomic E-state index is 11.5. The fourth-order valence-electron chi connectivity index (χ4n) is 1.32. The summed E-state index contributed by atoms with van der Waals surface area (Å²) < 4.78 is 5.47.